The molecule has 0 saturated heterocycles. The summed E-state index contributed by atoms with van der Waals surface area (Å²) in [6, 6.07) is 8.71. The zero-order valence-corrected chi connectivity index (χ0v) is 16.9. The van der Waals surface area contributed by atoms with E-state index >= 15 is 0 Å². The summed E-state index contributed by atoms with van der Waals surface area (Å²) in [4.78, 5) is 20.5. The minimum atomic E-state index is -0.463. The Morgan fingerprint density at radius 1 is 1.19 bits per heavy atom. The van der Waals surface area contributed by atoms with Crippen LogP contribution in [0.5, 0.6) is 5.75 Å². The number of rotatable bonds is 3. The molecule has 2 aromatic heterocycles. The van der Waals surface area contributed by atoms with Crippen molar-refractivity contribution in [3.8, 4) is 17.3 Å². The van der Waals surface area contributed by atoms with Crippen LogP contribution in [0.3, 0.4) is 0 Å². The van der Waals surface area contributed by atoms with Crippen molar-refractivity contribution in [1.29, 1.82) is 0 Å². The van der Waals surface area contributed by atoms with Gasteiger partial charge < -0.3 is 15.0 Å². The predicted octanol–water partition coefficient (Wildman–Crippen LogP) is 3.23. The van der Waals surface area contributed by atoms with E-state index in [0.717, 1.165) is 11.4 Å². The van der Waals surface area contributed by atoms with Gasteiger partial charge in [0.1, 0.15) is 11.6 Å². The second kappa shape index (κ2) is 7.28. The maximum atomic E-state index is 13.7. The summed E-state index contributed by atoms with van der Waals surface area (Å²) in [6.45, 7) is 2.61. The molecule has 2 N–H and O–H groups in total. The van der Waals surface area contributed by atoms with Crippen molar-refractivity contribution < 1.29 is 13.5 Å². The van der Waals surface area contributed by atoms with Gasteiger partial charge in [0.2, 0.25) is 0 Å². The smallest absolute Gasteiger partial charge is 0.198 e. The van der Waals surface area contributed by atoms with Gasteiger partial charge in [-0.3, -0.25) is 4.79 Å². The van der Waals surface area contributed by atoms with Crippen LogP contribution in [0.1, 0.15) is 23.0 Å². The summed E-state index contributed by atoms with van der Waals surface area (Å²) in [5.74, 6) is 0.427. The Balaban J connectivity index is 1.51. The number of hydrogen-bond acceptors (Lipinski definition) is 5. The lowest BCUT2D eigenvalue weighted by molar-refractivity contribution is 0.364. The lowest BCUT2D eigenvalue weighted by atomic mass is 10.1. The number of H-pyrrole nitrogens is 1. The standard InChI is InChI=1S/C22H19F2N5O2/c1-11-20(26-16-6-4-13(23)8-14(16)21(11)30)22-27-19-9-25-17(10-29(19)28-22)12-3-5-15(24)18(7-12)31-2/h3-8,17,25H,9-10H2,1-2H3,(H,26,30)/t17-/m0/s1. The summed E-state index contributed by atoms with van der Waals surface area (Å²) in [7, 11) is 1.43. The first kappa shape index (κ1) is 19.4. The number of ether oxygens (including phenoxy) is 1. The van der Waals surface area contributed by atoms with Gasteiger partial charge in [-0.25, -0.2) is 18.4 Å². The van der Waals surface area contributed by atoms with Gasteiger partial charge in [0.15, 0.2) is 22.8 Å². The van der Waals surface area contributed by atoms with Crippen molar-refractivity contribution >= 4 is 10.9 Å². The molecule has 0 unspecified atom stereocenters. The first-order valence-electron chi connectivity index (χ1n) is 9.77. The average Bonchev–Trinajstić information content (AvgIpc) is 3.20. The zero-order valence-electron chi connectivity index (χ0n) is 16.9. The molecule has 3 heterocycles. The number of aromatic nitrogens is 4. The summed E-state index contributed by atoms with van der Waals surface area (Å²) >= 11 is 0. The molecule has 4 aromatic rings. The van der Waals surface area contributed by atoms with Crippen molar-refractivity contribution in [1.82, 2.24) is 25.1 Å². The number of fused-ring (bicyclic) bond motifs is 2. The topological polar surface area (TPSA) is 84.8 Å². The number of nitrogens with one attached hydrogen (secondary N) is 2. The van der Waals surface area contributed by atoms with Crippen LogP contribution in [0.2, 0.25) is 0 Å². The van der Waals surface area contributed by atoms with E-state index in [9.17, 15) is 13.6 Å². The number of methoxy groups -OCH3 is 1. The Morgan fingerprint density at radius 2 is 2.03 bits per heavy atom. The van der Waals surface area contributed by atoms with Gasteiger partial charge in [0, 0.05) is 10.9 Å². The summed E-state index contributed by atoms with van der Waals surface area (Å²) in [5.41, 5.74) is 2.07. The molecule has 158 valence electrons. The quantitative estimate of drug-likeness (QED) is 0.529. The number of halogens is 2. The average molecular weight is 423 g/mol. The summed E-state index contributed by atoms with van der Waals surface area (Å²) < 4.78 is 34.2. The van der Waals surface area contributed by atoms with Gasteiger partial charge >= 0.3 is 0 Å². The van der Waals surface area contributed by atoms with Crippen LogP contribution in [0.4, 0.5) is 8.78 Å². The molecule has 1 atom stereocenters. The van der Waals surface area contributed by atoms with E-state index in [2.05, 4.69) is 20.4 Å². The lowest BCUT2D eigenvalue weighted by Gasteiger charge is -2.24. The first-order chi connectivity index (χ1) is 14.9. The molecule has 1 aliphatic rings. The molecule has 1 aliphatic heterocycles. The highest BCUT2D eigenvalue weighted by atomic mass is 19.1. The van der Waals surface area contributed by atoms with Crippen molar-refractivity contribution in [3.63, 3.8) is 0 Å². The molecule has 0 bridgehead atoms. The molecular formula is C22H19F2N5O2. The summed E-state index contributed by atoms with van der Waals surface area (Å²) in [5, 5.41) is 8.26. The normalized spacial score (nSPS) is 15.8. The van der Waals surface area contributed by atoms with E-state index < -0.39 is 11.6 Å². The number of aromatic amines is 1. The van der Waals surface area contributed by atoms with Crippen LogP contribution in [0, 0.1) is 18.6 Å². The Bertz CT molecular complexity index is 1380. The molecule has 7 nitrogen and oxygen atoms in total. The Morgan fingerprint density at radius 3 is 2.84 bits per heavy atom. The molecule has 5 rings (SSSR count). The maximum Gasteiger partial charge on any atom is 0.198 e. The first-order valence-corrected chi connectivity index (χ1v) is 9.77. The largest absolute Gasteiger partial charge is 0.494 e. The van der Waals surface area contributed by atoms with Crippen LogP contribution in [0.25, 0.3) is 22.4 Å². The third kappa shape index (κ3) is 3.27. The molecule has 2 aromatic carbocycles. The highest BCUT2D eigenvalue weighted by Crippen LogP contribution is 2.27. The SMILES string of the molecule is COc1cc([C@@H]2Cn3nc(-c4[nH]c5ccc(F)cc5c(=O)c4C)nc3CN2)ccc1F. The van der Waals surface area contributed by atoms with E-state index in [0.29, 0.717) is 35.7 Å². The van der Waals surface area contributed by atoms with Crippen LogP contribution < -0.4 is 15.5 Å². The highest BCUT2D eigenvalue weighted by molar-refractivity contribution is 5.82. The van der Waals surface area contributed by atoms with Gasteiger partial charge in [-0.2, -0.15) is 0 Å². The van der Waals surface area contributed by atoms with E-state index in [1.54, 1.807) is 23.7 Å². The Labute approximate surface area is 175 Å². The van der Waals surface area contributed by atoms with Crippen molar-refractivity contribution in [2.24, 2.45) is 0 Å². The molecule has 0 saturated carbocycles. The van der Waals surface area contributed by atoms with Crippen molar-refractivity contribution in [2.75, 3.05) is 7.11 Å². The monoisotopic (exact) mass is 423 g/mol. The van der Waals surface area contributed by atoms with Gasteiger partial charge in [-0.1, -0.05) is 6.07 Å². The van der Waals surface area contributed by atoms with Crippen LogP contribution >= 0.6 is 0 Å². The molecule has 0 fully saturated rings. The minimum Gasteiger partial charge on any atom is -0.494 e. The zero-order chi connectivity index (χ0) is 21.7. The van der Waals surface area contributed by atoms with E-state index in [1.807, 2.05) is 0 Å². The number of hydrogen-bond donors (Lipinski definition) is 2. The van der Waals surface area contributed by atoms with Crippen LogP contribution in [-0.2, 0) is 13.1 Å². The van der Waals surface area contributed by atoms with Gasteiger partial charge in [-0.15, -0.1) is 5.10 Å². The summed E-state index contributed by atoms with van der Waals surface area (Å²) in [6.07, 6.45) is 0. The molecule has 0 radical (unpaired) electrons. The lowest BCUT2D eigenvalue weighted by Crippen LogP contribution is -2.33. The van der Waals surface area contributed by atoms with Gasteiger partial charge in [0.25, 0.3) is 0 Å². The maximum absolute atomic E-state index is 13.7. The van der Waals surface area contributed by atoms with E-state index in [4.69, 9.17) is 4.74 Å². The van der Waals surface area contributed by atoms with Crippen molar-refractivity contribution in [2.45, 2.75) is 26.1 Å². The van der Waals surface area contributed by atoms with E-state index in [-0.39, 0.29) is 22.6 Å². The van der Waals surface area contributed by atoms with Gasteiger partial charge in [-0.05, 0) is 42.8 Å². The number of pyridine rings is 1. The third-order valence-corrected chi connectivity index (χ3v) is 5.61. The third-order valence-electron chi connectivity index (χ3n) is 5.61. The molecule has 0 spiro atoms. The molecule has 0 aliphatic carbocycles. The van der Waals surface area contributed by atoms with E-state index in [1.165, 1.54) is 31.4 Å². The van der Waals surface area contributed by atoms with Gasteiger partial charge in [0.05, 0.1) is 37.5 Å². The van der Waals surface area contributed by atoms with Crippen LogP contribution in [-0.4, -0.2) is 26.9 Å². The molecule has 0 amide bonds. The number of nitrogens with zero attached hydrogens (tertiary/aromatic N) is 3. The second-order valence-electron chi connectivity index (χ2n) is 7.51. The molecule has 9 heteroatoms. The second-order valence-corrected chi connectivity index (χ2v) is 7.51. The fraction of sp³-hybridized carbons (Fsp3) is 0.227. The fourth-order valence-electron chi connectivity index (χ4n) is 3.91. The Hall–Kier alpha value is -3.59. The fourth-order valence-corrected chi connectivity index (χ4v) is 3.91. The van der Waals surface area contributed by atoms with Crippen molar-refractivity contribution in [3.05, 3.63) is 75.2 Å². The highest BCUT2D eigenvalue weighted by Gasteiger charge is 2.25. The number of benzene rings is 2. The molecular weight excluding hydrogens is 404 g/mol. The molecule has 31 heavy (non-hydrogen) atoms. The minimum absolute atomic E-state index is 0.101. The van der Waals surface area contributed by atoms with Crippen LogP contribution in [0.15, 0.2) is 41.2 Å². The predicted molar refractivity (Wildman–Crippen MR) is 111 cm³/mol. The Kier molecular flexibility index (Phi) is 4.55.